The molecule has 7 nitrogen and oxygen atoms in total. The van der Waals surface area contributed by atoms with E-state index in [-0.39, 0.29) is 30.3 Å². The summed E-state index contributed by atoms with van der Waals surface area (Å²) in [6.45, 7) is 1.89. The van der Waals surface area contributed by atoms with E-state index >= 15 is 0 Å². The number of benzene rings is 1. The number of nitrogens with zero attached hydrogens (tertiary/aromatic N) is 2. The van der Waals surface area contributed by atoms with Gasteiger partial charge in [-0.2, -0.15) is 0 Å². The quantitative estimate of drug-likeness (QED) is 0.577. The number of Topliss-reactive ketones (excluding diaryl/α,β-unsaturated/α-hetero) is 1. The van der Waals surface area contributed by atoms with Gasteiger partial charge >= 0.3 is 0 Å². The summed E-state index contributed by atoms with van der Waals surface area (Å²) in [5, 5.41) is 10.7. The number of carbonyl (C=O) groups excluding carboxylic acids is 2. The molecule has 1 unspecified atom stereocenters. The first-order chi connectivity index (χ1) is 14.5. The highest BCUT2D eigenvalue weighted by molar-refractivity contribution is 6.15. The van der Waals surface area contributed by atoms with Gasteiger partial charge in [0.15, 0.2) is 11.5 Å². The molecule has 1 aliphatic rings. The molecule has 0 radical (unpaired) electrons. The minimum atomic E-state index is -0.800. The fraction of sp³-hybridized carbons (Fsp3) is 0.174. The van der Waals surface area contributed by atoms with Gasteiger partial charge in [0.2, 0.25) is 5.78 Å². The molecule has 0 bridgehead atoms. The van der Waals surface area contributed by atoms with Crippen molar-refractivity contribution in [3.63, 3.8) is 0 Å². The molecule has 4 rings (SSSR count). The Labute approximate surface area is 185 Å². The number of amides is 1. The first kappa shape index (κ1) is 22.1. The molecule has 3 aromatic rings. The maximum absolute atomic E-state index is 13.2. The van der Waals surface area contributed by atoms with Gasteiger partial charge in [0, 0.05) is 18.9 Å². The van der Waals surface area contributed by atoms with Crippen molar-refractivity contribution >= 4 is 24.1 Å². The number of pyridine rings is 1. The second-order valence-corrected chi connectivity index (χ2v) is 6.98. The lowest BCUT2D eigenvalue weighted by molar-refractivity contribution is -0.130. The Morgan fingerprint density at radius 1 is 1.23 bits per heavy atom. The molecule has 1 aliphatic heterocycles. The highest BCUT2D eigenvalue weighted by atomic mass is 35.5. The number of halogens is 1. The van der Waals surface area contributed by atoms with Gasteiger partial charge in [-0.25, -0.2) is 0 Å². The lowest BCUT2D eigenvalue weighted by atomic mass is 9.94. The Kier molecular flexibility index (Phi) is 6.46. The van der Waals surface area contributed by atoms with Crippen LogP contribution in [0.5, 0.6) is 5.75 Å². The molecule has 3 heterocycles. The van der Waals surface area contributed by atoms with E-state index in [9.17, 15) is 14.7 Å². The minimum absolute atomic E-state index is 0. The number of carbonyl (C=O) groups is 2. The molecule has 0 saturated carbocycles. The average molecular weight is 441 g/mol. The van der Waals surface area contributed by atoms with Crippen molar-refractivity contribution in [3.05, 3.63) is 94.9 Å². The molecule has 160 valence electrons. The van der Waals surface area contributed by atoms with Crippen molar-refractivity contribution in [1.29, 1.82) is 0 Å². The van der Waals surface area contributed by atoms with Crippen LogP contribution in [0.4, 0.5) is 0 Å². The second-order valence-electron chi connectivity index (χ2n) is 6.98. The summed E-state index contributed by atoms with van der Waals surface area (Å²) in [5.41, 5.74) is 1.39. The van der Waals surface area contributed by atoms with Crippen LogP contribution >= 0.6 is 12.4 Å². The van der Waals surface area contributed by atoms with Gasteiger partial charge in [-0.1, -0.05) is 18.2 Å². The summed E-state index contributed by atoms with van der Waals surface area (Å²) in [5.74, 6) is -0.529. The van der Waals surface area contributed by atoms with Gasteiger partial charge in [-0.3, -0.25) is 14.6 Å². The predicted octanol–water partition coefficient (Wildman–Crippen LogP) is 4.19. The zero-order valence-corrected chi connectivity index (χ0v) is 17.8. The van der Waals surface area contributed by atoms with Crippen LogP contribution in [0.3, 0.4) is 0 Å². The number of methoxy groups -OCH3 is 1. The summed E-state index contributed by atoms with van der Waals surface area (Å²) in [4.78, 5) is 31.7. The lowest BCUT2D eigenvalue weighted by Crippen LogP contribution is -2.30. The van der Waals surface area contributed by atoms with Crippen molar-refractivity contribution in [2.24, 2.45) is 0 Å². The Bertz CT molecular complexity index is 1140. The molecule has 1 aromatic carbocycles. The number of aryl methyl sites for hydroxylation is 1. The zero-order chi connectivity index (χ0) is 21.3. The second kappa shape index (κ2) is 9.06. The number of aliphatic hydroxyl groups excluding tert-OH is 1. The number of hydrogen-bond donors (Lipinski definition) is 1. The van der Waals surface area contributed by atoms with Crippen molar-refractivity contribution < 1.29 is 23.8 Å². The Hall–Kier alpha value is -3.58. The van der Waals surface area contributed by atoms with E-state index in [0.717, 1.165) is 5.56 Å². The molecule has 31 heavy (non-hydrogen) atoms. The summed E-state index contributed by atoms with van der Waals surface area (Å²) in [7, 11) is 1.54. The molecule has 0 aliphatic carbocycles. The number of furan rings is 1. The average Bonchev–Trinajstić information content (AvgIpc) is 3.31. The highest BCUT2D eigenvalue weighted by Crippen LogP contribution is 2.40. The van der Waals surface area contributed by atoms with Crippen LogP contribution in [-0.2, 0) is 11.3 Å². The number of aromatic nitrogens is 1. The van der Waals surface area contributed by atoms with Crippen LogP contribution < -0.4 is 4.74 Å². The third kappa shape index (κ3) is 4.18. The number of hydrogen-bond acceptors (Lipinski definition) is 6. The third-order valence-corrected chi connectivity index (χ3v) is 5.00. The highest BCUT2D eigenvalue weighted by Gasteiger charge is 2.44. The van der Waals surface area contributed by atoms with E-state index in [0.29, 0.717) is 17.1 Å². The standard InChI is InChI=1S/C23H20N2O5.ClH/c1-14-8-9-18(30-14)21(26)19-20(16-6-3-7-17(11-16)29-2)25(23(28)22(19)27)13-15-5-4-10-24-12-15;/h3-12,20,27H,13H2,1-2H3;1H. The van der Waals surface area contributed by atoms with E-state index in [1.165, 1.54) is 18.1 Å². The fourth-order valence-corrected chi connectivity index (χ4v) is 3.58. The SMILES string of the molecule is COc1cccc(C2C(C(=O)c3ccc(C)o3)=C(O)C(=O)N2Cc2cccnc2)c1.Cl. The number of aliphatic hydroxyl groups is 1. The smallest absolute Gasteiger partial charge is 0.290 e. The maximum atomic E-state index is 13.2. The van der Waals surface area contributed by atoms with Crippen molar-refractivity contribution in [2.45, 2.75) is 19.5 Å². The van der Waals surface area contributed by atoms with Gasteiger partial charge in [0.05, 0.1) is 18.7 Å². The van der Waals surface area contributed by atoms with Crippen molar-refractivity contribution in [1.82, 2.24) is 9.88 Å². The Morgan fingerprint density at radius 2 is 2.03 bits per heavy atom. The molecular weight excluding hydrogens is 420 g/mol. The monoisotopic (exact) mass is 440 g/mol. The van der Waals surface area contributed by atoms with E-state index in [1.54, 1.807) is 55.7 Å². The molecule has 2 aromatic heterocycles. The zero-order valence-electron chi connectivity index (χ0n) is 16.9. The van der Waals surface area contributed by atoms with Gasteiger partial charge < -0.3 is 19.2 Å². The van der Waals surface area contributed by atoms with Crippen LogP contribution in [0.2, 0.25) is 0 Å². The molecule has 8 heteroatoms. The molecule has 0 spiro atoms. The normalized spacial score (nSPS) is 15.7. The molecule has 0 fully saturated rings. The van der Waals surface area contributed by atoms with Gasteiger partial charge in [0.1, 0.15) is 11.5 Å². The van der Waals surface area contributed by atoms with Crippen molar-refractivity contribution in [3.8, 4) is 5.75 Å². The maximum Gasteiger partial charge on any atom is 0.290 e. The summed E-state index contributed by atoms with van der Waals surface area (Å²) in [6, 6.07) is 13.1. The van der Waals surface area contributed by atoms with Crippen LogP contribution in [0, 0.1) is 6.92 Å². The molecule has 1 amide bonds. The largest absolute Gasteiger partial charge is 0.503 e. The molecule has 1 atom stereocenters. The third-order valence-electron chi connectivity index (χ3n) is 5.00. The minimum Gasteiger partial charge on any atom is -0.503 e. The van der Waals surface area contributed by atoms with E-state index in [4.69, 9.17) is 9.15 Å². The van der Waals surface area contributed by atoms with Gasteiger partial charge in [-0.15, -0.1) is 12.4 Å². The summed E-state index contributed by atoms with van der Waals surface area (Å²) < 4.78 is 10.8. The molecule has 1 N–H and O–H groups in total. The molecule has 0 saturated heterocycles. The van der Waals surface area contributed by atoms with E-state index in [1.807, 2.05) is 6.07 Å². The van der Waals surface area contributed by atoms with Crippen LogP contribution in [0.25, 0.3) is 0 Å². The fourth-order valence-electron chi connectivity index (χ4n) is 3.58. The Morgan fingerprint density at radius 3 is 2.68 bits per heavy atom. The van der Waals surface area contributed by atoms with Crippen LogP contribution in [-0.4, -0.2) is 33.8 Å². The van der Waals surface area contributed by atoms with E-state index < -0.39 is 23.5 Å². The number of rotatable bonds is 6. The summed E-state index contributed by atoms with van der Waals surface area (Å²) >= 11 is 0. The first-order valence-corrected chi connectivity index (χ1v) is 9.37. The van der Waals surface area contributed by atoms with Crippen molar-refractivity contribution in [2.75, 3.05) is 7.11 Å². The van der Waals surface area contributed by atoms with Gasteiger partial charge in [-0.05, 0) is 48.4 Å². The molecular formula is C23H21ClN2O5. The lowest BCUT2D eigenvalue weighted by Gasteiger charge is -2.27. The van der Waals surface area contributed by atoms with Crippen LogP contribution in [0.15, 0.2) is 76.7 Å². The first-order valence-electron chi connectivity index (χ1n) is 9.37. The predicted molar refractivity (Wildman–Crippen MR) is 115 cm³/mol. The Balaban J connectivity index is 0.00000272. The topological polar surface area (TPSA) is 92.9 Å². The van der Waals surface area contributed by atoms with E-state index in [2.05, 4.69) is 4.98 Å². The number of ether oxygens (including phenoxy) is 1. The summed E-state index contributed by atoms with van der Waals surface area (Å²) in [6.07, 6.45) is 3.28. The van der Waals surface area contributed by atoms with Crippen LogP contribution in [0.1, 0.15) is 33.5 Å². The number of ketones is 1. The van der Waals surface area contributed by atoms with Gasteiger partial charge in [0.25, 0.3) is 5.91 Å².